The van der Waals surface area contributed by atoms with Gasteiger partial charge in [0, 0.05) is 19.4 Å². The maximum atomic E-state index is 12.8. The summed E-state index contributed by atoms with van der Waals surface area (Å²) in [7, 11) is 1.83. The topological polar surface area (TPSA) is 42.7 Å². The summed E-state index contributed by atoms with van der Waals surface area (Å²) in [5.74, 6) is -0.464. The Bertz CT molecular complexity index is 458. The van der Waals surface area contributed by atoms with Crippen LogP contribution in [0.2, 0.25) is 0 Å². The fourth-order valence-corrected chi connectivity index (χ4v) is 1.31. The number of rotatable bonds is 3. The Morgan fingerprint density at radius 3 is 2.94 bits per heavy atom. The summed E-state index contributed by atoms with van der Waals surface area (Å²) in [4.78, 5) is 3.49. The Labute approximate surface area is 98.9 Å². The average molecular weight is 243 g/mol. The highest BCUT2D eigenvalue weighted by Crippen LogP contribution is 2.07. The fourth-order valence-electron chi connectivity index (χ4n) is 1.31. The van der Waals surface area contributed by atoms with E-state index in [9.17, 15) is 4.39 Å². The number of nitrogens with zero attached hydrogens (tertiary/aromatic N) is 3. The maximum Gasteiger partial charge on any atom is 0.213 e. The van der Waals surface area contributed by atoms with Gasteiger partial charge < -0.3 is 5.32 Å². The zero-order valence-corrected chi connectivity index (χ0v) is 9.54. The van der Waals surface area contributed by atoms with Gasteiger partial charge in [-0.15, -0.1) is 12.4 Å². The van der Waals surface area contributed by atoms with E-state index in [0.717, 1.165) is 11.3 Å². The highest BCUT2D eigenvalue weighted by molar-refractivity contribution is 5.85. The molecule has 0 saturated carbocycles. The molecule has 2 heterocycles. The summed E-state index contributed by atoms with van der Waals surface area (Å²) in [5, 5.41) is 7.10. The fraction of sp³-hybridized carbons (Fsp3) is 0.200. The monoisotopic (exact) mass is 242 g/mol. The molecule has 0 saturated heterocycles. The van der Waals surface area contributed by atoms with Crippen LogP contribution < -0.4 is 5.32 Å². The normalized spacial score (nSPS) is 9.62. The molecule has 0 aliphatic heterocycles. The molecule has 2 rings (SSSR count). The summed E-state index contributed by atoms with van der Waals surface area (Å²) in [6, 6.07) is 3.17. The summed E-state index contributed by atoms with van der Waals surface area (Å²) < 4.78 is 14.5. The van der Waals surface area contributed by atoms with E-state index in [1.165, 1.54) is 12.3 Å². The van der Waals surface area contributed by atoms with Crippen LogP contribution in [-0.4, -0.2) is 21.8 Å². The number of hydrogen-bond donors (Lipinski definition) is 1. The molecule has 2 aromatic rings. The first-order valence-corrected chi connectivity index (χ1v) is 4.58. The Balaban J connectivity index is 0.00000128. The summed E-state index contributed by atoms with van der Waals surface area (Å²) >= 11 is 0. The second kappa shape index (κ2) is 5.46. The number of halogens is 2. The molecule has 86 valence electrons. The third kappa shape index (κ3) is 2.93. The Morgan fingerprint density at radius 2 is 2.31 bits per heavy atom. The smallest absolute Gasteiger partial charge is 0.213 e. The molecule has 0 amide bonds. The van der Waals surface area contributed by atoms with Crippen molar-refractivity contribution in [1.29, 1.82) is 0 Å². The molecule has 0 aliphatic carbocycles. The van der Waals surface area contributed by atoms with Crippen LogP contribution in [0.15, 0.2) is 30.7 Å². The molecule has 0 atom stereocenters. The van der Waals surface area contributed by atoms with Crippen molar-refractivity contribution in [2.75, 3.05) is 12.4 Å². The Morgan fingerprint density at radius 1 is 1.50 bits per heavy atom. The van der Waals surface area contributed by atoms with E-state index in [1.54, 1.807) is 16.9 Å². The van der Waals surface area contributed by atoms with Gasteiger partial charge in [0.1, 0.15) is 0 Å². The van der Waals surface area contributed by atoms with Crippen LogP contribution in [0.5, 0.6) is 0 Å². The van der Waals surface area contributed by atoms with Crippen molar-refractivity contribution < 1.29 is 4.39 Å². The lowest BCUT2D eigenvalue weighted by Gasteiger charge is -2.00. The predicted molar refractivity (Wildman–Crippen MR) is 62.3 cm³/mol. The van der Waals surface area contributed by atoms with Gasteiger partial charge in [0.2, 0.25) is 5.95 Å². The summed E-state index contributed by atoms with van der Waals surface area (Å²) in [6.45, 7) is 0.543. The van der Waals surface area contributed by atoms with Crippen molar-refractivity contribution in [3.63, 3.8) is 0 Å². The Kier molecular flexibility index (Phi) is 4.25. The van der Waals surface area contributed by atoms with E-state index in [-0.39, 0.29) is 12.4 Å². The second-order valence-corrected chi connectivity index (χ2v) is 3.16. The van der Waals surface area contributed by atoms with Crippen molar-refractivity contribution in [1.82, 2.24) is 14.8 Å². The van der Waals surface area contributed by atoms with Crippen LogP contribution in [0.3, 0.4) is 0 Å². The lowest BCUT2D eigenvalue weighted by molar-refractivity contribution is 0.577. The first-order valence-electron chi connectivity index (χ1n) is 4.58. The standard InChI is InChI=1S/C10H11FN4.ClH/c1-12-9-5-14-15(7-9)6-8-2-3-13-10(11)4-8;/h2-5,7,12H,6H2,1H3;1H. The predicted octanol–water partition coefficient (Wildman–Crippen LogP) is 1.93. The van der Waals surface area contributed by atoms with E-state index in [2.05, 4.69) is 15.4 Å². The van der Waals surface area contributed by atoms with E-state index in [1.807, 2.05) is 13.2 Å². The van der Waals surface area contributed by atoms with Crippen molar-refractivity contribution in [2.24, 2.45) is 0 Å². The van der Waals surface area contributed by atoms with Crippen LogP contribution >= 0.6 is 12.4 Å². The minimum absolute atomic E-state index is 0. The zero-order chi connectivity index (χ0) is 10.7. The minimum atomic E-state index is -0.464. The van der Waals surface area contributed by atoms with Crippen LogP contribution in [0.1, 0.15) is 5.56 Å². The van der Waals surface area contributed by atoms with Crippen molar-refractivity contribution in [3.05, 3.63) is 42.2 Å². The molecular weight excluding hydrogens is 231 g/mol. The SMILES string of the molecule is CNc1cnn(Cc2ccnc(F)c2)c1.Cl. The summed E-state index contributed by atoms with van der Waals surface area (Å²) in [6.07, 6.45) is 5.03. The number of anilines is 1. The molecule has 0 fully saturated rings. The molecule has 0 spiro atoms. The van der Waals surface area contributed by atoms with Crippen LogP contribution in [0.25, 0.3) is 0 Å². The molecule has 0 bridgehead atoms. The molecule has 0 aromatic carbocycles. The molecular formula is C10H12ClFN4. The largest absolute Gasteiger partial charge is 0.386 e. The van der Waals surface area contributed by atoms with Crippen molar-refractivity contribution in [2.45, 2.75) is 6.54 Å². The summed E-state index contributed by atoms with van der Waals surface area (Å²) in [5.41, 5.74) is 1.78. The van der Waals surface area contributed by atoms with Crippen molar-refractivity contribution in [3.8, 4) is 0 Å². The molecule has 2 aromatic heterocycles. The van der Waals surface area contributed by atoms with Crippen LogP contribution in [0.4, 0.5) is 10.1 Å². The van der Waals surface area contributed by atoms with Crippen molar-refractivity contribution >= 4 is 18.1 Å². The van der Waals surface area contributed by atoms with Gasteiger partial charge in [0.25, 0.3) is 0 Å². The lowest BCUT2D eigenvalue weighted by Crippen LogP contribution is -2.00. The highest BCUT2D eigenvalue weighted by atomic mass is 35.5. The van der Waals surface area contributed by atoms with Gasteiger partial charge in [0.05, 0.1) is 18.4 Å². The van der Waals surface area contributed by atoms with E-state index >= 15 is 0 Å². The van der Waals surface area contributed by atoms with E-state index in [0.29, 0.717) is 6.54 Å². The first kappa shape index (κ1) is 12.4. The molecule has 16 heavy (non-hydrogen) atoms. The van der Waals surface area contributed by atoms with E-state index in [4.69, 9.17) is 0 Å². The lowest BCUT2D eigenvalue weighted by atomic mass is 10.3. The van der Waals surface area contributed by atoms with Crippen LogP contribution in [0, 0.1) is 5.95 Å². The van der Waals surface area contributed by atoms with Crippen LogP contribution in [-0.2, 0) is 6.54 Å². The molecule has 1 N–H and O–H groups in total. The Hall–Kier alpha value is -1.62. The quantitative estimate of drug-likeness (QED) is 0.837. The second-order valence-electron chi connectivity index (χ2n) is 3.16. The average Bonchev–Trinajstić information content (AvgIpc) is 2.65. The maximum absolute atomic E-state index is 12.8. The molecule has 0 radical (unpaired) electrons. The third-order valence-corrected chi connectivity index (χ3v) is 2.06. The number of aromatic nitrogens is 3. The van der Waals surface area contributed by atoms with E-state index < -0.39 is 5.95 Å². The van der Waals surface area contributed by atoms with Gasteiger partial charge in [-0.05, 0) is 17.7 Å². The first-order chi connectivity index (χ1) is 7.28. The number of hydrogen-bond acceptors (Lipinski definition) is 3. The third-order valence-electron chi connectivity index (χ3n) is 2.06. The van der Waals surface area contributed by atoms with Gasteiger partial charge in [-0.2, -0.15) is 9.49 Å². The molecule has 4 nitrogen and oxygen atoms in total. The van der Waals surface area contributed by atoms with Gasteiger partial charge in [-0.1, -0.05) is 0 Å². The van der Waals surface area contributed by atoms with Gasteiger partial charge >= 0.3 is 0 Å². The molecule has 6 heteroatoms. The number of pyridine rings is 1. The molecule has 0 aliphatic rings. The number of nitrogens with one attached hydrogen (secondary N) is 1. The van der Waals surface area contributed by atoms with Gasteiger partial charge in [0.15, 0.2) is 0 Å². The van der Waals surface area contributed by atoms with Gasteiger partial charge in [-0.3, -0.25) is 4.68 Å². The molecule has 0 unspecified atom stereocenters. The van der Waals surface area contributed by atoms with Gasteiger partial charge in [-0.25, -0.2) is 4.98 Å². The zero-order valence-electron chi connectivity index (χ0n) is 8.72. The highest BCUT2D eigenvalue weighted by Gasteiger charge is 1.99. The minimum Gasteiger partial charge on any atom is -0.386 e.